The maximum Gasteiger partial charge on any atom is 0.259 e. The molecule has 0 spiro atoms. The van der Waals surface area contributed by atoms with Crippen LogP contribution < -0.4 is 10.2 Å². The van der Waals surface area contributed by atoms with Crippen LogP contribution in [0.1, 0.15) is 19.4 Å². The minimum Gasteiger partial charge on any atom is -0.506 e. The zero-order chi connectivity index (χ0) is 18.8. The Labute approximate surface area is 159 Å². The second kappa shape index (κ2) is 7.18. The lowest BCUT2D eigenvalue weighted by Crippen LogP contribution is -2.39. The Hall–Kier alpha value is -2.85. The van der Waals surface area contributed by atoms with E-state index in [9.17, 15) is 9.90 Å². The molecule has 2 N–H and O–H groups in total. The van der Waals surface area contributed by atoms with Crippen molar-refractivity contribution in [1.29, 1.82) is 5.26 Å². The number of phenolic OH excluding ortho intramolecular Hbond substituents is 1. The number of amides is 1. The predicted molar refractivity (Wildman–Crippen MR) is 104 cm³/mol. The van der Waals surface area contributed by atoms with Gasteiger partial charge in [0.1, 0.15) is 11.8 Å². The molecule has 0 fully saturated rings. The quantitative estimate of drug-likeness (QED) is 0.748. The topological polar surface area (TPSA) is 88.7 Å². The monoisotopic (exact) mass is 412 g/mol. The number of carbonyl (C=O) groups is 1. The maximum atomic E-state index is 12.9. The van der Waals surface area contributed by atoms with E-state index < -0.39 is 6.04 Å². The van der Waals surface area contributed by atoms with Crippen molar-refractivity contribution in [2.45, 2.75) is 19.9 Å². The van der Waals surface area contributed by atoms with Gasteiger partial charge in [-0.3, -0.25) is 4.79 Å². The number of aliphatic imine (C=N–C) groups is 1. The number of anilines is 2. The molecule has 7 heteroatoms. The Morgan fingerprint density at radius 2 is 2.04 bits per heavy atom. The Bertz CT molecular complexity index is 933. The molecule has 26 heavy (non-hydrogen) atoms. The number of benzene rings is 2. The van der Waals surface area contributed by atoms with Crippen LogP contribution in [-0.4, -0.2) is 23.0 Å². The van der Waals surface area contributed by atoms with Gasteiger partial charge in [-0.05, 0) is 52.2 Å². The third-order valence-corrected chi connectivity index (χ3v) is 4.72. The minimum absolute atomic E-state index is 0.0290. The van der Waals surface area contributed by atoms with Crippen molar-refractivity contribution in [2.75, 3.05) is 10.2 Å². The second-order valence-electron chi connectivity index (χ2n) is 6.24. The summed E-state index contributed by atoms with van der Waals surface area (Å²) in [5, 5.41) is 22.1. The Morgan fingerprint density at radius 1 is 1.31 bits per heavy atom. The van der Waals surface area contributed by atoms with Crippen LogP contribution in [0.15, 0.2) is 51.9 Å². The van der Waals surface area contributed by atoms with Gasteiger partial charge in [-0.2, -0.15) is 5.26 Å². The molecule has 3 rings (SSSR count). The van der Waals surface area contributed by atoms with Crippen molar-refractivity contribution in [3.63, 3.8) is 0 Å². The molecule has 0 bridgehead atoms. The SMILES string of the molecule is CC(C)[C@@H]1N=C(Nc2ccc(C#N)cc2O)N(c2ccccc2Br)C1=O. The second-order valence-corrected chi connectivity index (χ2v) is 7.09. The summed E-state index contributed by atoms with van der Waals surface area (Å²) < 4.78 is 0.760. The highest BCUT2D eigenvalue weighted by Crippen LogP contribution is 2.32. The van der Waals surface area contributed by atoms with Crippen LogP contribution in [0.25, 0.3) is 0 Å². The molecular weight excluding hydrogens is 396 g/mol. The van der Waals surface area contributed by atoms with Crippen LogP contribution >= 0.6 is 15.9 Å². The van der Waals surface area contributed by atoms with Crippen LogP contribution in [0.5, 0.6) is 5.75 Å². The molecule has 0 aliphatic carbocycles. The average molecular weight is 413 g/mol. The summed E-state index contributed by atoms with van der Waals surface area (Å²) in [6, 6.07) is 13.4. The number of phenols is 1. The van der Waals surface area contributed by atoms with Crippen molar-refractivity contribution >= 4 is 39.2 Å². The van der Waals surface area contributed by atoms with Crippen LogP contribution in [0, 0.1) is 17.2 Å². The molecule has 0 aromatic heterocycles. The lowest BCUT2D eigenvalue weighted by atomic mass is 10.0. The summed E-state index contributed by atoms with van der Waals surface area (Å²) in [6.07, 6.45) is 0. The lowest BCUT2D eigenvalue weighted by molar-refractivity contribution is -0.119. The number of rotatable bonds is 3. The van der Waals surface area contributed by atoms with E-state index in [4.69, 9.17) is 5.26 Å². The Morgan fingerprint density at radius 3 is 2.65 bits per heavy atom. The number of halogens is 1. The highest BCUT2D eigenvalue weighted by molar-refractivity contribution is 9.10. The van der Waals surface area contributed by atoms with Gasteiger partial charge >= 0.3 is 0 Å². The van der Waals surface area contributed by atoms with Crippen molar-refractivity contribution in [1.82, 2.24) is 0 Å². The summed E-state index contributed by atoms with van der Waals surface area (Å²) in [6.45, 7) is 3.87. The summed E-state index contributed by atoms with van der Waals surface area (Å²) >= 11 is 3.47. The highest BCUT2D eigenvalue weighted by atomic mass is 79.9. The molecule has 6 nitrogen and oxygen atoms in total. The maximum absolute atomic E-state index is 12.9. The van der Waals surface area contributed by atoms with Gasteiger partial charge in [0.25, 0.3) is 5.91 Å². The molecule has 1 atom stereocenters. The van der Waals surface area contributed by atoms with Gasteiger partial charge in [0.15, 0.2) is 0 Å². The van der Waals surface area contributed by atoms with Crippen LogP contribution in [0.3, 0.4) is 0 Å². The average Bonchev–Trinajstić information content (AvgIpc) is 2.93. The fraction of sp³-hybridized carbons (Fsp3) is 0.211. The van der Waals surface area contributed by atoms with Crippen molar-refractivity contribution in [2.24, 2.45) is 10.9 Å². The van der Waals surface area contributed by atoms with Crippen LogP contribution in [-0.2, 0) is 4.79 Å². The van der Waals surface area contributed by atoms with Crippen LogP contribution in [0.2, 0.25) is 0 Å². The predicted octanol–water partition coefficient (Wildman–Crippen LogP) is 3.87. The fourth-order valence-corrected chi connectivity index (χ4v) is 3.16. The van der Waals surface area contributed by atoms with E-state index in [-0.39, 0.29) is 17.6 Å². The Balaban J connectivity index is 2.01. The number of aromatic hydroxyl groups is 1. The Kier molecular flexibility index (Phi) is 4.96. The molecule has 1 aliphatic heterocycles. The van der Waals surface area contributed by atoms with E-state index in [0.717, 1.165) is 4.47 Å². The summed E-state index contributed by atoms with van der Waals surface area (Å²) in [4.78, 5) is 19.0. The third kappa shape index (κ3) is 3.28. The van der Waals surface area contributed by atoms with Crippen molar-refractivity contribution < 1.29 is 9.90 Å². The number of hydrogen-bond acceptors (Lipinski definition) is 5. The summed E-state index contributed by atoms with van der Waals surface area (Å²) in [5.41, 5.74) is 1.39. The highest BCUT2D eigenvalue weighted by Gasteiger charge is 2.38. The molecule has 0 radical (unpaired) electrons. The van der Waals surface area contributed by atoms with Gasteiger partial charge in [-0.15, -0.1) is 0 Å². The summed E-state index contributed by atoms with van der Waals surface area (Å²) in [5.74, 6) is 0.142. The molecule has 0 saturated carbocycles. The first-order chi connectivity index (χ1) is 12.4. The first-order valence-corrected chi connectivity index (χ1v) is 8.88. The first-order valence-electron chi connectivity index (χ1n) is 8.09. The van der Waals surface area contributed by atoms with E-state index in [1.54, 1.807) is 12.1 Å². The van der Waals surface area contributed by atoms with Gasteiger partial charge in [-0.25, -0.2) is 9.89 Å². The van der Waals surface area contributed by atoms with Gasteiger partial charge in [-0.1, -0.05) is 26.0 Å². The van der Waals surface area contributed by atoms with E-state index in [2.05, 4.69) is 26.2 Å². The van der Waals surface area contributed by atoms with Crippen molar-refractivity contribution in [3.05, 3.63) is 52.5 Å². The number of nitrogens with zero attached hydrogens (tertiary/aromatic N) is 3. The standard InChI is InChI=1S/C19H17BrN4O2/c1-11(2)17-18(26)24(15-6-4-3-5-13(15)20)19(23-17)22-14-8-7-12(10-21)9-16(14)25/h3-9,11,17,25H,1-2H3,(H,22,23)/t17-/m0/s1. The molecule has 1 heterocycles. The van der Waals surface area contributed by atoms with Crippen LogP contribution in [0.4, 0.5) is 11.4 Å². The van der Waals surface area contributed by atoms with E-state index in [1.807, 2.05) is 44.2 Å². The zero-order valence-electron chi connectivity index (χ0n) is 14.3. The normalized spacial score (nSPS) is 16.6. The largest absolute Gasteiger partial charge is 0.506 e. The molecular formula is C19H17BrN4O2. The van der Waals surface area contributed by atoms with Gasteiger partial charge in [0, 0.05) is 4.47 Å². The smallest absolute Gasteiger partial charge is 0.259 e. The van der Waals surface area contributed by atoms with Gasteiger partial charge in [0.05, 0.1) is 23.0 Å². The van der Waals surface area contributed by atoms with Gasteiger partial charge in [0.2, 0.25) is 5.96 Å². The lowest BCUT2D eigenvalue weighted by Gasteiger charge is -2.22. The molecule has 0 saturated heterocycles. The molecule has 0 unspecified atom stereocenters. The van der Waals surface area contributed by atoms with Gasteiger partial charge < -0.3 is 10.4 Å². The molecule has 2 aromatic rings. The molecule has 1 amide bonds. The van der Waals surface area contributed by atoms with Crippen molar-refractivity contribution in [3.8, 4) is 11.8 Å². The number of nitrogens with one attached hydrogen (secondary N) is 1. The zero-order valence-corrected chi connectivity index (χ0v) is 15.9. The fourth-order valence-electron chi connectivity index (χ4n) is 2.70. The minimum atomic E-state index is -0.509. The molecule has 1 aliphatic rings. The number of hydrogen-bond donors (Lipinski definition) is 2. The summed E-state index contributed by atoms with van der Waals surface area (Å²) in [7, 11) is 0. The first kappa shape index (κ1) is 18.0. The number of nitriles is 1. The third-order valence-electron chi connectivity index (χ3n) is 4.04. The molecule has 132 valence electrons. The number of guanidine groups is 1. The number of carbonyl (C=O) groups excluding carboxylic acids is 1. The van der Waals surface area contributed by atoms with E-state index in [0.29, 0.717) is 22.9 Å². The molecule has 2 aromatic carbocycles. The van der Waals surface area contributed by atoms with E-state index in [1.165, 1.54) is 11.0 Å². The van der Waals surface area contributed by atoms with E-state index >= 15 is 0 Å². The number of para-hydroxylation sites is 1.